The van der Waals surface area contributed by atoms with Gasteiger partial charge in [0.25, 0.3) is 0 Å². The zero-order chi connectivity index (χ0) is 43.0. The number of benzene rings is 10. The Bertz CT molecular complexity index is 4100. The molecule has 65 heavy (non-hydrogen) atoms. The van der Waals surface area contributed by atoms with Gasteiger partial charge in [0.05, 0.1) is 11.0 Å². The molecule has 0 N–H and O–H groups in total. The highest BCUT2D eigenvalue weighted by atomic mass is 32.1. The number of furan rings is 1. The lowest BCUT2D eigenvalue weighted by atomic mass is 9.81. The first-order chi connectivity index (χ1) is 32.0. The van der Waals surface area contributed by atoms with Crippen molar-refractivity contribution < 1.29 is 4.42 Å². The largest absolute Gasteiger partial charge is 0.455 e. The van der Waals surface area contributed by atoms with Crippen molar-refractivity contribution in [3.63, 3.8) is 0 Å². The van der Waals surface area contributed by atoms with Crippen molar-refractivity contribution in [3.8, 4) is 27.9 Å². The van der Waals surface area contributed by atoms with Crippen LogP contribution in [0.15, 0.2) is 211 Å². The van der Waals surface area contributed by atoms with Gasteiger partial charge in [0.1, 0.15) is 11.2 Å². The Morgan fingerprint density at radius 1 is 0.431 bits per heavy atom. The first-order valence-electron chi connectivity index (χ1n) is 22.4. The minimum absolute atomic E-state index is 0.219. The summed E-state index contributed by atoms with van der Waals surface area (Å²) >= 11 is 1.87. The maximum Gasteiger partial charge on any atom is 0.143 e. The van der Waals surface area contributed by atoms with Gasteiger partial charge in [-0.15, -0.1) is 11.3 Å². The molecule has 0 radical (unpaired) electrons. The number of nitrogens with zero attached hydrogens (tertiary/aromatic N) is 2. The van der Waals surface area contributed by atoms with Crippen LogP contribution in [-0.4, -0.2) is 4.57 Å². The molecular weight excluding hydrogens is 809 g/mol. The maximum atomic E-state index is 6.56. The number of aromatic nitrogens is 1. The molecule has 3 aromatic heterocycles. The van der Waals surface area contributed by atoms with Crippen LogP contribution in [0, 0.1) is 0 Å². The number of anilines is 3. The van der Waals surface area contributed by atoms with Crippen LogP contribution in [-0.2, 0) is 5.41 Å². The summed E-state index contributed by atoms with van der Waals surface area (Å²) in [4.78, 5) is 2.41. The van der Waals surface area contributed by atoms with Crippen molar-refractivity contribution in [2.45, 2.75) is 19.3 Å². The van der Waals surface area contributed by atoms with Gasteiger partial charge < -0.3 is 13.9 Å². The van der Waals surface area contributed by atoms with Gasteiger partial charge in [-0.3, -0.25) is 0 Å². The van der Waals surface area contributed by atoms with Gasteiger partial charge in [0.15, 0.2) is 0 Å². The van der Waals surface area contributed by atoms with Crippen LogP contribution in [0.1, 0.15) is 25.0 Å². The van der Waals surface area contributed by atoms with Crippen molar-refractivity contribution in [2.24, 2.45) is 0 Å². The SMILES string of the molecule is CC1(C)c2cc(-c3ccc4c(c3)c3cc5ccc6c7ccccc7oc6c5cc3n4-c3ccccc3)ccc2-c2ccc(N(c3ccccc3)c3ccc4c(c3)sc3ccccc34)cc21. The Kier molecular flexibility index (Phi) is 7.62. The zero-order valence-electron chi connectivity index (χ0n) is 35.8. The van der Waals surface area contributed by atoms with E-state index in [1.807, 2.05) is 17.4 Å². The Morgan fingerprint density at radius 2 is 1.08 bits per heavy atom. The number of thiophene rings is 1. The fourth-order valence-corrected chi connectivity index (χ4v) is 12.1. The molecule has 0 bridgehead atoms. The third kappa shape index (κ3) is 5.35. The van der Waals surface area contributed by atoms with Gasteiger partial charge in [0.2, 0.25) is 0 Å². The summed E-state index contributed by atoms with van der Waals surface area (Å²) in [7, 11) is 0. The maximum absolute atomic E-state index is 6.56. The standard InChI is InChI=1S/C61H40N2OS/c1-61(2)53-33-38(21-26-44(53)45-28-24-42(34-54(45)61)62(40-13-5-3-6-14-40)43-25-29-48-47-18-10-12-20-58(47)65-59(48)35-43)37-23-30-55-51(31-37)52-32-39-22-27-49-46-17-9-11-19-57(46)64-60(49)50(39)36-56(52)63(55)41-15-7-4-8-16-41/h3-36H,1-2H3. The Morgan fingerprint density at radius 3 is 1.94 bits per heavy atom. The van der Waals surface area contributed by atoms with Crippen LogP contribution in [0.5, 0.6) is 0 Å². The molecule has 0 aliphatic heterocycles. The summed E-state index contributed by atoms with van der Waals surface area (Å²) in [6, 6.07) is 75.9. The van der Waals surface area contributed by atoms with Gasteiger partial charge >= 0.3 is 0 Å². The Labute approximate surface area is 379 Å². The molecule has 0 saturated carbocycles. The minimum Gasteiger partial charge on any atom is -0.455 e. The number of fused-ring (bicyclic) bond motifs is 14. The summed E-state index contributed by atoms with van der Waals surface area (Å²) in [5, 5.41) is 9.67. The molecule has 1 aliphatic rings. The van der Waals surface area contributed by atoms with E-state index in [0.717, 1.165) is 50.1 Å². The molecular formula is C61H40N2OS. The van der Waals surface area contributed by atoms with Crippen LogP contribution in [0.4, 0.5) is 17.1 Å². The van der Waals surface area contributed by atoms with E-state index in [4.69, 9.17) is 4.42 Å². The highest BCUT2D eigenvalue weighted by Crippen LogP contribution is 2.52. The van der Waals surface area contributed by atoms with Gasteiger partial charge in [-0.1, -0.05) is 123 Å². The lowest BCUT2D eigenvalue weighted by Crippen LogP contribution is -2.16. The fourth-order valence-electron chi connectivity index (χ4n) is 11.0. The summed E-state index contributed by atoms with van der Waals surface area (Å²) < 4.78 is 11.6. The van der Waals surface area contributed by atoms with Crippen LogP contribution in [0.2, 0.25) is 0 Å². The topological polar surface area (TPSA) is 21.3 Å². The normalized spacial score (nSPS) is 13.2. The molecule has 0 saturated heterocycles. The average molecular weight is 849 g/mol. The van der Waals surface area contributed by atoms with Crippen molar-refractivity contribution in [1.82, 2.24) is 4.57 Å². The van der Waals surface area contributed by atoms with E-state index >= 15 is 0 Å². The quantitative estimate of drug-likeness (QED) is 0.172. The number of rotatable bonds is 5. The van der Waals surface area contributed by atoms with Crippen molar-refractivity contribution >= 4 is 103 Å². The van der Waals surface area contributed by atoms with Crippen LogP contribution >= 0.6 is 11.3 Å². The fraction of sp³-hybridized carbons (Fsp3) is 0.0492. The van der Waals surface area contributed by atoms with Crippen LogP contribution in [0.25, 0.3) is 103 Å². The molecule has 13 aromatic rings. The van der Waals surface area contributed by atoms with Gasteiger partial charge in [-0.05, 0) is 136 Å². The second-order valence-electron chi connectivity index (χ2n) is 18.1. The molecule has 0 spiro atoms. The number of hydrogen-bond acceptors (Lipinski definition) is 3. The van der Waals surface area contributed by atoms with E-state index < -0.39 is 0 Å². The molecule has 0 atom stereocenters. The second kappa shape index (κ2) is 13.5. The summed E-state index contributed by atoms with van der Waals surface area (Å²) in [6.07, 6.45) is 0. The second-order valence-corrected chi connectivity index (χ2v) is 19.2. The van der Waals surface area contributed by atoms with E-state index in [1.54, 1.807) is 0 Å². The zero-order valence-corrected chi connectivity index (χ0v) is 36.7. The third-order valence-corrected chi connectivity index (χ3v) is 15.3. The molecule has 0 fully saturated rings. The Balaban J connectivity index is 0.889. The molecule has 14 rings (SSSR count). The van der Waals surface area contributed by atoms with E-state index in [9.17, 15) is 0 Å². The highest BCUT2D eigenvalue weighted by Gasteiger charge is 2.36. The van der Waals surface area contributed by atoms with Crippen molar-refractivity contribution in [1.29, 1.82) is 0 Å². The molecule has 306 valence electrons. The van der Waals surface area contributed by atoms with E-state index in [2.05, 4.69) is 224 Å². The van der Waals surface area contributed by atoms with Gasteiger partial charge in [-0.2, -0.15) is 0 Å². The molecule has 0 amide bonds. The highest BCUT2D eigenvalue weighted by molar-refractivity contribution is 7.25. The van der Waals surface area contributed by atoms with Crippen molar-refractivity contribution in [2.75, 3.05) is 4.90 Å². The van der Waals surface area contributed by atoms with Crippen LogP contribution < -0.4 is 4.90 Å². The molecule has 10 aromatic carbocycles. The monoisotopic (exact) mass is 848 g/mol. The van der Waals surface area contributed by atoms with E-state index in [-0.39, 0.29) is 5.41 Å². The molecule has 0 unspecified atom stereocenters. The average Bonchev–Trinajstić information content (AvgIpc) is 4.07. The number of para-hydroxylation sites is 3. The van der Waals surface area contributed by atoms with E-state index in [1.165, 1.54) is 80.7 Å². The smallest absolute Gasteiger partial charge is 0.143 e. The molecule has 4 heteroatoms. The summed E-state index contributed by atoms with van der Waals surface area (Å²) in [6.45, 7) is 4.78. The molecule has 1 aliphatic carbocycles. The van der Waals surface area contributed by atoms with Gasteiger partial charge in [-0.25, -0.2) is 0 Å². The lowest BCUT2D eigenvalue weighted by molar-refractivity contribution is 0.660. The van der Waals surface area contributed by atoms with Crippen molar-refractivity contribution in [3.05, 3.63) is 217 Å². The van der Waals surface area contributed by atoms with E-state index in [0.29, 0.717) is 0 Å². The Hall–Kier alpha value is -7.92. The predicted molar refractivity (Wildman–Crippen MR) is 276 cm³/mol. The van der Waals surface area contributed by atoms with Gasteiger partial charge in [0, 0.05) is 75.3 Å². The molecule has 3 heterocycles. The lowest BCUT2D eigenvalue weighted by Gasteiger charge is -2.28. The first-order valence-corrected chi connectivity index (χ1v) is 23.2. The predicted octanol–water partition coefficient (Wildman–Crippen LogP) is 17.6. The van der Waals surface area contributed by atoms with Crippen LogP contribution in [0.3, 0.4) is 0 Å². The molecule has 3 nitrogen and oxygen atoms in total. The number of hydrogen-bond donors (Lipinski definition) is 0. The summed E-state index contributed by atoms with van der Waals surface area (Å²) in [5.41, 5.74) is 16.3. The first kappa shape index (κ1) is 36.6. The summed E-state index contributed by atoms with van der Waals surface area (Å²) in [5.74, 6) is 0. The minimum atomic E-state index is -0.219. The third-order valence-electron chi connectivity index (χ3n) is 14.1.